The Morgan fingerprint density at radius 1 is 1.60 bits per heavy atom. The molecular formula is C8H14N2. The van der Waals surface area contributed by atoms with Crippen LogP contribution in [0.3, 0.4) is 0 Å². The smallest absolute Gasteiger partial charge is 0.105 e. The van der Waals surface area contributed by atoms with E-state index in [9.17, 15) is 0 Å². The van der Waals surface area contributed by atoms with E-state index in [4.69, 9.17) is 0 Å². The van der Waals surface area contributed by atoms with Crippen LogP contribution in [0.25, 0.3) is 0 Å². The average Bonchev–Trinajstić information content (AvgIpc) is 2.09. The summed E-state index contributed by atoms with van der Waals surface area (Å²) in [6.07, 6.45) is 2.09. The molecule has 0 unspecified atom stereocenters. The Balaban J connectivity index is 2.78. The highest BCUT2D eigenvalue weighted by Crippen LogP contribution is 2.21. The molecule has 1 rings (SSSR count). The van der Waals surface area contributed by atoms with Crippen LogP contribution in [-0.2, 0) is 0 Å². The summed E-state index contributed by atoms with van der Waals surface area (Å²) >= 11 is 0. The quantitative estimate of drug-likeness (QED) is 0.543. The van der Waals surface area contributed by atoms with Gasteiger partial charge in [0.2, 0.25) is 0 Å². The van der Waals surface area contributed by atoms with Crippen LogP contribution in [0.4, 0.5) is 0 Å². The van der Waals surface area contributed by atoms with Gasteiger partial charge in [-0.1, -0.05) is 6.58 Å². The maximum atomic E-state index is 3.94. The van der Waals surface area contributed by atoms with Crippen LogP contribution in [0.2, 0.25) is 0 Å². The van der Waals surface area contributed by atoms with Crippen LogP contribution in [0.1, 0.15) is 13.8 Å². The first-order chi connectivity index (χ1) is 4.66. The Morgan fingerprint density at radius 3 is 2.40 bits per heavy atom. The monoisotopic (exact) mass is 138 g/mol. The van der Waals surface area contributed by atoms with Crippen molar-refractivity contribution in [3.05, 3.63) is 24.3 Å². The summed E-state index contributed by atoms with van der Waals surface area (Å²) in [7, 11) is 2.02. The Kier molecular flexibility index (Phi) is 1.70. The van der Waals surface area contributed by atoms with Gasteiger partial charge in [-0.15, -0.1) is 0 Å². The normalized spacial score (nSPS) is 18.3. The van der Waals surface area contributed by atoms with Crippen molar-refractivity contribution in [1.29, 1.82) is 0 Å². The molecule has 2 nitrogen and oxygen atoms in total. The van der Waals surface area contributed by atoms with E-state index in [2.05, 4.69) is 31.5 Å². The summed E-state index contributed by atoms with van der Waals surface area (Å²) in [4.78, 5) is 4.22. The molecule has 0 saturated carbocycles. The van der Waals surface area contributed by atoms with Crippen molar-refractivity contribution >= 4 is 0 Å². The first-order valence-electron chi connectivity index (χ1n) is 3.54. The third kappa shape index (κ3) is 0.897. The van der Waals surface area contributed by atoms with Crippen molar-refractivity contribution in [2.45, 2.75) is 13.8 Å². The lowest BCUT2D eigenvalue weighted by Gasteiger charge is -2.20. The predicted octanol–water partition coefficient (Wildman–Crippen LogP) is 1.59. The van der Waals surface area contributed by atoms with Crippen molar-refractivity contribution < 1.29 is 0 Å². The molecule has 1 heterocycles. The van der Waals surface area contributed by atoms with Gasteiger partial charge in [0, 0.05) is 25.5 Å². The molecule has 1 aliphatic rings. The van der Waals surface area contributed by atoms with E-state index in [0.717, 1.165) is 12.4 Å². The van der Waals surface area contributed by atoms with Crippen LogP contribution >= 0.6 is 0 Å². The molecule has 0 aromatic carbocycles. The minimum Gasteiger partial charge on any atom is -0.336 e. The molecule has 0 fully saturated rings. The van der Waals surface area contributed by atoms with Crippen LogP contribution in [0, 0.1) is 0 Å². The van der Waals surface area contributed by atoms with E-state index in [0.29, 0.717) is 0 Å². The van der Waals surface area contributed by atoms with Crippen molar-refractivity contribution in [3.63, 3.8) is 0 Å². The third-order valence-corrected chi connectivity index (χ3v) is 1.84. The largest absolute Gasteiger partial charge is 0.336 e. The Hall–Kier alpha value is -0.920. The predicted molar refractivity (Wildman–Crippen MR) is 43.0 cm³/mol. The fourth-order valence-electron chi connectivity index (χ4n) is 1.25. The molecule has 0 aromatic heterocycles. The maximum absolute atomic E-state index is 3.94. The van der Waals surface area contributed by atoms with Gasteiger partial charge in [-0.25, -0.2) is 0 Å². The summed E-state index contributed by atoms with van der Waals surface area (Å²) in [6.45, 7) is 9.17. The summed E-state index contributed by atoms with van der Waals surface area (Å²) in [5.41, 5.74) is 1.27. The van der Waals surface area contributed by atoms with E-state index < -0.39 is 0 Å². The first-order valence-corrected chi connectivity index (χ1v) is 3.54. The molecule has 0 N–H and O–H groups in total. The van der Waals surface area contributed by atoms with Crippen LogP contribution < -0.4 is 0 Å². The van der Waals surface area contributed by atoms with Gasteiger partial charge in [-0.2, -0.15) is 0 Å². The second-order valence-corrected chi connectivity index (χ2v) is 2.54. The van der Waals surface area contributed by atoms with Crippen molar-refractivity contribution in [2.24, 2.45) is 0 Å². The molecule has 10 heavy (non-hydrogen) atoms. The number of hydrogen-bond acceptors (Lipinski definition) is 2. The highest BCUT2D eigenvalue weighted by atomic mass is 15.4. The van der Waals surface area contributed by atoms with Gasteiger partial charge in [0.1, 0.15) is 5.82 Å². The molecule has 0 bridgehead atoms. The van der Waals surface area contributed by atoms with Gasteiger partial charge < -0.3 is 9.80 Å². The van der Waals surface area contributed by atoms with Crippen LogP contribution in [0.5, 0.6) is 0 Å². The van der Waals surface area contributed by atoms with Gasteiger partial charge in [0.05, 0.1) is 0 Å². The van der Waals surface area contributed by atoms with E-state index in [-0.39, 0.29) is 0 Å². The standard InChI is InChI=1S/C8H14N2/c1-5-10-7(2)6-9(4)8(10)3/h6H,3,5H2,1-2,4H3. The minimum atomic E-state index is 1.01. The molecule has 0 aliphatic carbocycles. The van der Waals surface area contributed by atoms with Gasteiger partial charge in [-0.3, -0.25) is 0 Å². The summed E-state index contributed by atoms with van der Waals surface area (Å²) in [6, 6.07) is 0. The maximum Gasteiger partial charge on any atom is 0.105 e. The number of allylic oxidation sites excluding steroid dienone is 1. The highest BCUT2D eigenvalue weighted by molar-refractivity contribution is 5.16. The molecule has 0 radical (unpaired) electrons. The number of hydrogen-bond donors (Lipinski definition) is 0. The number of nitrogens with zero attached hydrogens (tertiary/aromatic N) is 2. The van der Waals surface area contributed by atoms with Crippen LogP contribution in [0.15, 0.2) is 24.3 Å². The molecule has 0 spiro atoms. The Bertz CT molecular complexity index is 182. The molecule has 0 atom stereocenters. The second kappa shape index (κ2) is 2.37. The lowest BCUT2D eigenvalue weighted by atomic mass is 10.5. The highest BCUT2D eigenvalue weighted by Gasteiger charge is 2.16. The second-order valence-electron chi connectivity index (χ2n) is 2.54. The molecule has 56 valence electrons. The van der Waals surface area contributed by atoms with Gasteiger partial charge >= 0.3 is 0 Å². The Labute approximate surface area is 62.4 Å². The zero-order valence-electron chi connectivity index (χ0n) is 6.89. The lowest BCUT2D eigenvalue weighted by molar-refractivity contribution is 0.393. The first kappa shape index (κ1) is 7.19. The van der Waals surface area contributed by atoms with Gasteiger partial charge in [0.25, 0.3) is 0 Å². The van der Waals surface area contributed by atoms with Crippen LogP contribution in [-0.4, -0.2) is 23.4 Å². The minimum absolute atomic E-state index is 1.01. The molecular weight excluding hydrogens is 124 g/mol. The third-order valence-electron chi connectivity index (χ3n) is 1.84. The van der Waals surface area contributed by atoms with Gasteiger partial charge in [0.15, 0.2) is 0 Å². The SMILES string of the molecule is C=C1N(C)C=C(C)N1CC. The van der Waals surface area contributed by atoms with Crippen molar-refractivity contribution in [2.75, 3.05) is 13.6 Å². The molecule has 0 saturated heterocycles. The average molecular weight is 138 g/mol. The molecule has 2 heteroatoms. The van der Waals surface area contributed by atoms with Gasteiger partial charge in [-0.05, 0) is 13.8 Å². The fraction of sp³-hybridized carbons (Fsp3) is 0.500. The van der Waals surface area contributed by atoms with E-state index in [1.165, 1.54) is 5.70 Å². The topological polar surface area (TPSA) is 6.48 Å². The summed E-state index contributed by atoms with van der Waals surface area (Å²) in [5, 5.41) is 0. The molecule has 0 aromatic rings. The summed E-state index contributed by atoms with van der Waals surface area (Å²) < 4.78 is 0. The fourth-order valence-corrected chi connectivity index (χ4v) is 1.25. The molecule has 1 aliphatic heterocycles. The zero-order valence-corrected chi connectivity index (χ0v) is 6.89. The summed E-state index contributed by atoms with van der Waals surface area (Å²) in [5.74, 6) is 1.07. The van der Waals surface area contributed by atoms with E-state index >= 15 is 0 Å². The van der Waals surface area contributed by atoms with Crippen molar-refractivity contribution in [1.82, 2.24) is 9.80 Å². The Morgan fingerprint density at radius 2 is 2.20 bits per heavy atom. The van der Waals surface area contributed by atoms with Crippen molar-refractivity contribution in [3.8, 4) is 0 Å². The van der Waals surface area contributed by atoms with E-state index in [1.807, 2.05) is 11.9 Å². The number of rotatable bonds is 1. The molecule has 0 amide bonds. The van der Waals surface area contributed by atoms with E-state index in [1.54, 1.807) is 0 Å². The lowest BCUT2D eigenvalue weighted by Crippen LogP contribution is -2.20. The zero-order chi connectivity index (χ0) is 7.72.